The van der Waals surface area contributed by atoms with Crippen molar-refractivity contribution in [3.8, 4) is 5.75 Å². The minimum atomic E-state index is 0.477. The second kappa shape index (κ2) is 9.52. The van der Waals surface area contributed by atoms with E-state index >= 15 is 0 Å². The quantitative estimate of drug-likeness (QED) is 0.638. The molecule has 1 aliphatic rings. The van der Waals surface area contributed by atoms with E-state index in [0.717, 1.165) is 36.9 Å². The van der Waals surface area contributed by atoms with E-state index in [0.29, 0.717) is 5.92 Å². The van der Waals surface area contributed by atoms with Gasteiger partial charge >= 0.3 is 0 Å². The Morgan fingerprint density at radius 1 is 1.03 bits per heavy atom. The topological polar surface area (TPSA) is 50.3 Å². The Bertz CT molecular complexity index is 898. The summed E-state index contributed by atoms with van der Waals surface area (Å²) >= 11 is 0. The van der Waals surface area contributed by atoms with Gasteiger partial charge in [-0.15, -0.1) is 0 Å². The minimum absolute atomic E-state index is 0.477. The van der Waals surface area contributed by atoms with Crippen LogP contribution in [0.25, 0.3) is 0 Å². The Morgan fingerprint density at radius 2 is 1.90 bits per heavy atom. The zero-order valence-corrected chi connectivity index (χ0v) is 16.9. The molecule has 1 fully saturated rings. The summed E-state index contributed by atoms with van der Waals surface area (Å²) in [6, 6.07) is 20.5. The number of piperidine rings is 1. The van der Waals surface area contributed by atoms with Crippen LogP contribution in [0.3, 0.4) is 0 Å². The number of anilines is 2. The SMILES string of the molecule is COc1ccc(CCN2CCCC(c3cccc(Nc4ccccn4)n3)C2)cc1. The molecule has 3 aromatic rings. The van der Waals surface area contributed by atoms with Gasteiger partial charge in [0.05, 0.1) is 7.11 Å². The van der Waals surface area contributed by atoms with Crippen molar-refractivity contribution >= 4 is 11.6 Å². The van der Waals surface area contributed by atoms with Crippen LogP contribution in [0.4, 0.5) is 11.6 Å². The van der Waals surface area contributed by atoms with Gasteiger partial charge in [-0.3, -0.25) is 0 Å². The molecule has 1 aliphatic heterocycles. The van der Waals surface area contributed by atoms with Crippen molar-refractivity contribution in [1.29, 1.82) is 0 Å². The summed E-state index contributed by atoms with van der Waals surface area (Å²) in [5.41, 5.74) is 2.52. The van der Waals surface area contributed by atoms with Gasteiger partial charge in [-0.25, -0.2) is 9.97 Å². The molecule has 0 saturated carbocycles. The van der Waals surface area contributed by atoms with Crippen LogP contribution < -0.4 is 10.1 Å². The number of pyridine rings is 2. The predicted octanol–water partition coefficient (Wildman–Crippen LogP) is 4.65. The van der Waals surface area contributed by atoms with E-state index in [9.17, 15) is 0 Å². The van der Waals surface area contributed by atoms with Crippen LogP contribution in [-0.4, -0.2) is 41.6 Å². The lowest BCUT2D eigenvalue weighted by Crippen LogP contribution is -2.36. The Balaban J connectivity index is 1.35. The van der Waals surface area contributed by atoms with E-state index in [2.05, 4.69) is 39.5 Å². The summed E-state index contributed by atoms with van der Waals surface area (Å²) in [5, 5.41) is 3.30. The third-order valence-electron chi connectivity index (χ3n) is 5.49. The molecular weight excluding hydrogens is 360 g/mol. The fraction of sp³-hybridized carbons (Fsp3) is 0.333. The maximum Gasteiger partial charge on any atom is 0.131 e. The van der Waals surface area contributed by atoms with Crippen molar-refractivity contribution in [2.75, 3.05) is 32.1 Å². The van der Waals surface area contributed by atoms with Crippen LogP contribution in [0.2, 0.25) is 0 Å². The Morgan fingerprint density at radius 3 is 2.69 bits per heavy atom. The first-order valence-electron chi connectivity index (χ1n) is 10.3. The molecule has 150 valence electrons. The van der Waals surface area contributed by atoms with Crippen LogP contribution in [0.15, 0.2) is 66.9 Å². The van der Waals surface area contributed by atoms with Crippen LogP contribution in [0.5, 0.6) is 5.75 Å². The molecule has 1 N–H and O–H groups in total. The summed E-state index contributed by atoms with van der Waals surface area (Å²) in [6.07, 6.45) is 5.26. The molecule has 1 atom stereocenters. The average Bonchev–Trinajstić information content (AvgIpc) is 2.79. The van der Waals surface area contributed by atoms with E-state index < -0.39 is 0 Å². The van der Waals surface area contributed by atoms with Crippen LogP contribution in [-0.2, 0) is 6.42 Å². The lowest BCUT2D eigenvalue weighted by atomic mass is 9.94. The van der Waals surface area contributed by atoms with Gasteiger partial charge in [0, 0.05) is 30.9 Å². The largest absolute Gasteiger partial charge is 0.497 e. The first-order chi connectivity index (χ1) is 14.3. The first-order valence-corrected chi connectivity index (χ1v) is 10.3. The lowest BCUT2D eigenvalue weighted by molar-refractivity contribution is 0.208. The fourth-order valence-electron chi connectivity index (χ4n) is 3.90. The molecule has 5 heteroatoms. The molecule has 2 aromatic heterocycles. The van der Waals surface area contributed by atoms with Gasteiger partial charge in [0.25, 0.3) is 0 Å². The van der Waals surface area contributed by atoms with Crippen LogP contribution >= 0.6 is 0 Å². The number of nitrogens with zero attached hydrogens (tertiary/aromatic N) is 3. The summed E-state index contributed by atoms with van der Waals surface area (Å²) in [7, 11) is 1.71. The van der Waals surface area contributed by atoms with Gasteiger partial charge in [-0.05, 0) is 67.8 Å². The molecule has 0 aliphatic carbocycles. The molecule has 1 unspecified atom stereocenters. The number of hydrogen-bond donors (Lipinski definition) is 1. The predicted molar refractivity (Wildman–Crippen MR) is 117 cm³/mol. The van der Waals surface area contributed by atoms with Crippen molar-refractivity contribution in [2.45, 2.75) is 25.2 Å². The van der Waals surface area contributed by atoms with E-state index in [-0.39, 0.29) is 0 Å². The number of benzene rings is 1. The summed E-state index contributed by atoms with van der Waals surface area (Å²) < 4.78 is 5.25. The zero-order chi connectivity index (χ0) is 19.9. The second-order valence-electron chi connectivity index (χ2n) is 7.53. The maximum absolute atomic E-state index is 5.25. The molecule has 1 aromatic carbocycles. The fourth-order valence-corrected chi connectivity index (χ4v) is 3.90. The number of ether oxygens (including phenoxy) is 1. The Labute approximate surface area is 172 Å². The number of methoxy groups -OCH3 is 1. The summed E-state index contributed by atoms with van der Waals surface area (Å²) in [6.45, 7) is 3.31. The Kier molecular flexibility index (Phi) is 6.37. The second-order valence-corrected chi connectivity index (χ2v) is 7.53. The molecule has 0 spiro atoms. The van der Waals surface area contributed by atoms with Gasteiger partial charge in [-0.2, -0.15) is 0 Å². The average molecular weight is 389 g/mol. The van der Waals surface area contributed by atoms with Gasteiger partial charge in [0.2, 0.25) is 0 Å². The number of nitrogens with one attached hydrogen (secondary N) is 1. The van der Waals surface area contributed by atoms with E-state index in [1.165, 1.54) is 30.6 Å². The molecule has 3 heterocycles. The standard InChI is InChI=1S/C24H28N4O/c1-29-21-12-10-19(11-13-21)14-17-28-16-5-6-20(18-28)22-7-4-9-24(26-22)27-23-8-2-3-15-25-23/h2-4,7-13,15,20H,5-6,14,16-18H2,1H3,(H,25,26,27). The van der Waals surface area contributed by atoms with Gasteiger partial charge in [0.15, 0.2) is 0 Å². The highest BCUT2D eigenvalue weighted by Gasteiger charge is 2.22. The third-order valence-corrected chi connectivity index (χ3v) is 5.49. The van der Waals surface area contributed by atoms with E-state index in [1.807, 2.05) is 36.4 Å². The summed E-state index contributed by atoms with van der Waals surface area (Å²) in [4.78, 5) is 11.8. The van der Waals surface area contributed by atoms with Crippen LogP contribution in [0.1, 0.15) is 30.0 Å². The van der Waals surface area contributed by atoms with Gasteiger partial charge < -0.3 is 15.0 Å². The van der Waals surface area contributed by atoms with Crippen molar-refractivity contribution in [3.05, 3.63) is 78.1 Å². The van der Waals surface area contributed by atoms with Gasteiger partial charge in [0.1, 0.15) is 17.4 Å². The molecule has 0 radical (unpaired) electrons. The van der Waals surface area contributed by atoms with Crippen molar-refractivity contribution < 1.29 is 4.74 Å². The highest BCUT2D eigenvalue weighted by molar-refractivity contribution is 5.51. The molecule has 5 nitrogen and oxygen atoms in total. The summed E-state index contributed by atoms with van der Waals surface area (Å²) in [5.74, 6) is 3.07. The third kappa shape index (κ3) is 5.33. The van der Waals surface area contributed by atoms with E-state index in [1.54, 1.807) is 13.3 Å². The smallest absolute Gasteiger partial charge is 0.131 e. The van der Waals surface area contributed by atoms with Crippen molar-refractivity contribution in [3.63, 3.8) is 0 Å². The molecule has 4 rings (SSSR count). The van der Waals surface area contributed by atoms with Crippen molar-refractivity contribution in [2.24, 2.45) is 0 Å². The normalized spacial score (nSPS) is 17.1. The monoisotopic (exact) mass is 388 g/mol. The highest BCUT2D eigenvalue weighted by atomic mass is 16.5. The number of likely N-dealkylation sites (tertiary alicyclic amines) is 1. The molecule has 0 amide bonds. The van der Waals surface area contributed by atoms with E-state index in [4.69, 9.17) is 9.72 Å². The zero-order valence-electron chi connectivity index (χ0n) is 16.9. The minimum Gasteiger partial charge on any atom is -0.497 e. The molecular formula is C24H28N4O. The maximum atomic E-state index is 5.25. The highest BCUT2D eigenvalue weighted by Crippen LogP contribution is 2.27. The first kappa shape index (κ1) is 19.4. The van der Waals surface area contributed by atoms with Gasteiger partial charge in [-0.1, -0.05) is 24.3 Å². The lowest BCUT2D eigenvalue weighted by Gasteiger charge is -2.32. The number of rotatable bonds is 7. The number of hydrogen-bond acceptors (Lipinski definition) is 5. The molecule has 1 saturated heterocycles. The number of aromatic nitrogens is 2. The molecule has 29 heavy (non-hydrogen) atoms. The Hall–Kier alpha value is -2.92. The molecule has 0 bridgehead atoms. The van der Waals surface area contributed by atoms with Crippen LogP contribution in [0, 0.1) is 0 Å². The van der Waals surface area contributed by atoms with Crippen molar-refractivity contribution in [1.82, 2.24) is 14.9 Å².